The second kappa shape index (κ2) is 5.82. The summed E-state index contributed by atoms with van der Waals surface area (Å²) in [7, 11) is 0. The molecule has 0 bridgehead atoms. The molecule has 6 nitrogen and oxygen atoms in total. The van der Waals surface area contributed by atoms with Gasteiger partial charge in [0.2, 0.25) is 0 Å². The van der Waals surface area contributed by atoms with Gasteiger partial charge >= 0.3 is 0 Å². The van der Waals surface area contributed by atoms with E-state index in [1.807, 2.05) is 0 Å². The van der Waals surface area contributed by atoms with Gasteiger partial charge < -0.3 is 14.6 Å². The number of aliphatic hydroxyl groups is 1. The van der Waals surface area contributed by atoms with Crippen LogP contribution >= 0.6 is 0 Å². The fourth-order valence-corrected chi connectivity index (χ4v) is 3.95. The molecule has 0 aromatic carbocycles. The molecule has 1 fully saturated rings. The Morgan fingerprint density at radius 3 is 2.78 bits per heavy atom. The van der Waals surface area contributed by atoms with Crippen molar-refractivity contribution in [3.63, 3.8) is 0 Å². The molecule has 4 rings (SSSR count). The highest BCUT2D eigenvalue weighted by molar-refractivity contribution is 5.92. The van der Waals surface area contributed by atoms with E-state index in [9.17, 15) is 10.4 Å². The Bertz CT molecular complexity index is 767. The maximum Gasteiger partial charge on any atom is 0.156 e. The summed E-state index contributed by atoms with van der Waals surface area (Å²) >= 11 is 0. The van der Waals surface area contributed by atoms with Crippen LogP contribution in [0.25, 0.3) is 11.0 Å². The van der Waals surface area contributed by atoms with Crippen molar-refractivity contribution in [3.05, 3.63) is 17.6 Å². The molecule has 0 radical (unpaired) electrons. The zero-order chi connectivity index (χ0) is 15.8. The number of rotatable bonds is 2. The number of aryl methyl sites for hydroxylation is 1. The predicted octanol–water partition coefficient (Wildman–Crippen LogP) is 1.85. The molecule has 0 spiro atoms. The second-order valence-electron chi connectivity index (χ2n) is 6.55. The lowest BCUT2D eigenvalue weighted by Crippen LogP contribution is -2.35. The fraction of sp³-hybridized carbons (Fsp3) is 0.588. The zero-order valence-corrected chi connectivity index (χ0v) is 13.2. The minimum Gasteiger partial charge on any atom is -0.396 e. The molecular formula is C17H21N5O. The van der Waals surface area contributed by atoms with Crippen molar-refractivity contribution >= 4 is 16.9 Å². The van der Waals surface area contributed by atoms with Crippen LogP contribution in [0.5, 0.6) is 0 Å². The average molecular weight is 311 g/mol. The molecule has 0 amide bonds. The normalized spacial score (nSPS) is 18.9. The Kier molecular flexibility index (Phi) is 3.66. The first-order valence-corrected chi connectivity index (χ1v) is 8.45. The third-order valence-corrected chi connectivity index (χ3v) is 5.25. The Morgan fingerprint density at radius 1 is 1.22 bits per heavy atom. The topological polar surface area (TPSA) is 78.0 Å². The molecule has 1 N–H and O–H groups in total. The van der Waals surface area contributed by atoms with E-state index in [0.29, 0.717) is 5.92 Å². The Balaban J connectivity index is 1.82. The number of aromatic nitrogens is 3. The van der Waals surface area contributed by atoms with Crippen LogP contribution in [-0.2, 0) is 13.0 Å². The van der Waals surface area contributed by atoms with E-state index in [0.717, 1.165) is 79.8 Å². The number of aliphatic hydroxyl groups excluding tert-OH is 1. The highest BCUT2D eigenvalue weighted by Crippen LogP contribution is 2.34. The summed E-state index contributed by atoms with van der Waals surface area (Å²) in [6.07, 6.45) is 6.79. The molecule has 0 saturated carbocycles. The van der Waals surface area contributed by atoms with Gasteiger partial charge in [0.1, 0.15) is 23.4 Å². The van der Waals surface area contributed by atoms with Crippen molar-refractivity contribution in [2.24, 2.45) is 5.92 Å². The van der Waals surface area contributed by atoms with E-state index in [1.54, 1.807) is 6.33 Å². The summed E-state index contributed by atoms with van der Waals surface area (Å²) in [4.78, 5) is 11.3. The van der Waals surface area contributed by atoms with Gasteiger partial charge in [0, 0.05) is 31.9 Å². The number of nitrogens with zero attached hydrogens (tertiary/aromatic N) is 5. The van der Waals surface area contributed by atoms with Crippen LogP contribution in [0.1, 0.15) is 36.9 Å². The van der Waals surface area contributed by atoms with Gasteiger partial charge in [-0.25, -0.2) is 9.97 Å². The molecule has 23 heavy (non-hydrogen) atoms. The lowest BCUT2D eigenvalue weighted by Gasteiger charge is -2.32. The van der Waals surface area contributed by atoms with Crippen molar-refractivity contribution in [1.29, 1.82) is 5.26 Å². The molecule has 0 unspecified atom stereocenters. The summed E-state index contributed by atoms with van der Waals surface area (Å²) in [5.41, 5.74) is 3.69. The van der Waals surface area contributed by atoms with Crippen LogP contribution in [0.3, 0.4) is 0 Å². The molecule has 1 saturated heterocycles. The SMILES string of the molecule is N#Cc1c2n(c3c(N4CCC(CO)CC4)ncnc13)CCCC2. The Labute approximate surface area is 135 Å². The van der Waals surface area contributed by atoms with E-state index >= 15 is 0 Å². The van der Waals surface area contributed by atoms with Crippen molar-refractivity contribution < 1.29 is 5.11 Å². The van der Waals surface area contributed by atoms with E-state index in [1.165, 1.54) is 0 Å². The number of anilines is 1. The standard InChI is InChI=1S/C17H21N5O/c18-9-13-14-3-1-2-6-22(14)16-15(13)19-11-20-17(16)21-7-4-12(10-23)5-8-21/h11-12,23H,1-8,10H2. The summed E-state index contributed by atoms with van der Waals surface area (Å²) < 4.78 is 2.27. The van der Waals surface area contributed by atoms with E-state index < -0.39 is 0 Å². The van der Waals surface area contributed by atoms with E-state index in [-0.39, 0.29) is 6.61 Å². The summed E-state index contributed by atoms with van der Waals surface area (Å²) in [5.74, 6) is 1.36. The van der Waals surface area contributed by atoms with Crippen LogP contribution in [-0.4, -0.2) is 39.3 Å². The van der Waals surface area contributed by atoms with Gasteiger partial charge in [-0.3, -0.25) is 0 Å². The molecule has 6 heteroatoms. The molecular weight excluding hydrogens is 290 g/mol. The minimum atomic E-state index is 0.270. The highest BCUT2D eigenvalue weighted by Gasteiger charge is 2.27. The van der Waals surface area contributed by atoms with Gasteiger partial charge in [0.25, 0.3) is 0 Å². The molecule has 0 aliphatic carbocycles. The van der Waals surface area contributed by atoms with E-state index in [2.05, 4.69) is 25.5 Å². The van der Waals surface area contributed by atoms with Crippen LogP contribution < -0.4 is 4.90 Å². The fourth-order valence-electron chi connectivity index (χ4n) is 3.95. The summed E-state index contributed by atoms with van der Waals surface area (Å²) in [5, 5.41) is 18.9. The largest absolute Gasteiger partial charge is 0.396 e. The quantitative estimate of drug-likeness (QED) is 0.915. The van der Waals surface area contributed by atoms with Crippen LogP contribution in [0.15, 0.2) is 6.33 Å². The highest BCUT2D eigenvalue weighted by atomic mass is 16.3. The second-order valence-corrected chi connectivity index (χ2v) is 6.55. The van der Waals surface area contributed by atoms with Gasteiger partial charge in [-0.15, -0.1) is 0 Å². The average Bonchev–Trinajstić information content (AvgIpc) is 2.95. The van der Waals surface area contributed by atoms with Crippen molar-refractivity contribution in [3.8, 4) is 6.07 Å². The number of piperidine rings is 1. The first-order chi connectivity index (χ1) is 11.3. The molecule has 2 aliphatic heterocycles. The van der Waals surface area contributed by atoms with Crippen molar-refractivity contribution in [2.75, 3.05) is 24.6 Å². The molecule has 120 valence electrons. The smallest absolute Gasteiger partial charge is 0.156 e. The van der Waals surface area contributed by atoms with Crippen LogP contribution in [0, 0.1) is 17.2 Å². The maximum absolute atomic E-state index is 9.58. The molecule has 2 aromatic heterocycles. The predicted molar refractivity (Wildman–Crippen MR) is 87.2 cm³/mol. The maximum atomic E-state index is 9.58. The first-order valence-electron chi connectivity index (χ1n) is 8.45. The van der Waals surface area contributed by atoms with Crippen LogP contribution in [0.4, 0.5) is 5.82 Å². The lowest BCUT2D eigenvalue weighted by atomic mass is 9.98. The monoisotopic (exact) mass is 311 g/mol. The molecule has 2 aliphatic rings. The first kappa shape index (κ1) is 14.5. The summed E-state index contributed by atoms with van der Waals surface area (Å²) in [6.45, 7) is 3.02. The number of nitriles is 1. The van der Waals surface area contributed by atoms with Gasteiger partial charge in [0.05, 0.1) is 5.56 Å². The number of hydrogen-bond acceptors (Lipinski definition) is 5. The van der Waals surface area contributed by atoms with Crippen molar-refractivity contribution in [2.45, 2.75) is 38.6 Å². The molecule has 4 heterocycles. The lowest BCUT2D eigenvalue weighted by molar-refractivity contribution is 0.203. The number of fused-ring (bicyclic) bond motifs is 3. The zero-order valence-electron chi connectivity index (χ0n) is 13.2. The van der Waals surface area contributed by atoms with Gasteiger partial charge in [0.15, 0.2) is 5.82 Å². The summed E-state index contributed by atoms with van der Waals surface area (Å²) in [6, 6.07) is 2.36. The Morgan fingerprint density at radius 2 is 2.04 bits per heavy atom. The number of hydrogen-bond donors (Lipinski definition) is 1. The minimum absolute atomic E-state index is 0.270. The van der Waals surface area contributed by atoms with Gasteiger partial charge in [-0.2, -0.15) is 5.26 Å². The van der Waals surface area contributed by atoms with E-state index in [4.69, 9.17) is 0 Å². The third kappa shape index (κ3) is 2.27. The van der Waals surface area contributed by atoms with Crippen LogP contribution in [0.2, 0.25) is 0 Å². The Hall–Kier alpha value is -2.13. The van der Waals surface area contributed by atoms with Gasteiger partial charge in [-0.1, -0.05) is 0 Å². The molecule has 2 aromatic rings. The molecule has 0 atom stereocenters. The van der Waals surface area contributed by atoms with Crippen molar-refractivity contribution in [1.82, 2.24) is 14.5 Å². The van der Waals surface area contributed by atoms with Gasteiger partial charge in [-0.05, 0) is 38.0 Å². The third-order valence-electron chi connectivity index (χ3n) is 5.25.